The highest BCUT2D eigenvalue weighted by molar-refractivity contribution is 7.08. The summed E-state index contributed by atoms with van der Waals surface area (Å²) >= 11 is 1.76. The summed E-state index contributed by atoms with van der Waals surface area (Å²) in [5.41, 5.74) is 4.01. The van der Waals surface area contributed by atoms with Crippen LogP contribution in [0.4, 0.5) is 0 Å². The Balaban J connectivity index is 1.70. The van der Waals surface area contributed by atoms with Crippen LogP contribution in [0, 0.1) is 0 Å². The standard InChI is InChI=1S/C18H20N2S/c1-19-8-2-3-17(19)12-20-9-6-14-4-5-15(11-18(14)20)16-7-10-21-13-16/h4-7,9-11,13,17H,2-3,8,12H2,1H3. The molecule has 0 radical (unpaired) electrons. The number of benzene rings is 1. The van der Waals surface area contributed by atoms with Gasteiger partial charge >= 0.3 is 0 Å². The summed E-state index contributed by atoms with van der Waals surface area (Å²) in [6.07, 6.45) is 4.90. The minimum absolute atomic E-state index is 0.686. The number of thiophene rings is 1. The number of likely N-dealkylation sites (N-methyl/N-ethyl adjacent to an activating group) is 1. The number of aromatic nitrogens is 1. The fraction of sp³-hybridized carbons (Fsp3) is 0.333. The Morgan fingerprint density at radius 2 is 2.14 bits per heavy atom. The van der Waals surface area contributed by atoms with Crippen molar-refractivity contribution in [2.75, 3.05) is 13.6 Å². The van der Waals surface area contributed by atoms with Crippen molar-refractivity contribution in [3.05, 3.63) is 47.3 Å². The molecule has 1 unspecified atom stereocenters. The van der Waals surface area contributed by atoms with Crippen LogP contribution in [-0.4, -0.2) is 29.1 Å². The zero-order valence-corrected chi connectivity index (χ0v) is 13.1. The quantitative estimate of drug-likeness (QED) is 0.692. The summed E-state index contributed by atoms with van der Waals surface area (Å²) < 4.78 is 2.43. The van der Waals surface area contributed by atoms with Crippen molar-refractivity contribution in [3.63, 3.8) is 0 Å². The third-order valence-electron chi connectivity index (χ3n) is 4.71. The van der Waals surface area contributed by atoms with Gasteiger partial charge in [0.25, 0.3) is 0 Å². The monoisotopic (exact) mass is 296 g/mol. The molecule has 0 saturated carbocycles. The fourth-order valence-electron chi connectivity index (χ4n) is 3.39. The van der Waals surface area contributed by atoms with Crippen LogP contribution >= 0.6 is 11.3 Å². The molecule has 3 heterocycles. The topological polar surface area (TPSA) is 8.17 Å². The normalized spacial score (nSPS) is 19.6. The predicted octanol–water partition coefficient (Wildman–Crippen LogP) is 4.46. The number of hydrogen-bond acceptors (Lipinski definition) is 2. The molecule has 4 rings (SSSR count). The number of rotatable bonds is 3. The third kappa shape index (κ3) is 2.41. The van der Waals surface area contributed by atoms with Gasteiger partial charge in [0.1, 0.15) is 0 Å². The lowest BCUT2D eigenvalue weighted by atomic mass is 10.1. The van der Waals surface area contributed by atoms with Gasteiger partial charge in [-0.2, -0.15) is 11.3 Å². The Bertz CT molecular complexity index is 742. The molecular weight excluding hydrogens is 276 g/mol. The molecule has 2 nitrogen and oxygen atoms in total. The Labute approximate surface area is 129 Å². The first-order valence-electron chi connectivity index (χ1n) is 7.63. The molecule has 1 aliphatic heterocycles. The van der Waals surface area contributed by atoms with Crippen LogP contribution in [0.5, 0.6) is 0 Å². The van der Waals surface area contributed by atoms with Crippen LogP contribution in [0.1, 0.15) is 12.8 Å². The highest BCUT2D eigenvalue weighted by atomic mass is 32.1. The van der Waals surface area contributed by atoms with E-state index in [4.69, 9.17) is 0 Å². The summed E-state index contributed by atoms with van der Waals surface area (Å²) in [4.78, 5) is 2.49. The van der Waals surface area contributed by atoms with Crippen LogP contribution in [-0.2, 0) is 6.54 Å². The number of hydrogen-bond donors (Lipinski definition) is 0. The van der Waals surface area contributed by atoms with Gasteiger partial charge < -0.3 is 9.47 Å². The van der Waals surface area contributed by atoms with E-state index in [1.54, 1.807) is 11.3 Å². The molecular formula is C18H20N2S. The van der Waals surface area contributed by atoms with E-state index in [2.05, 4.69) is 63.8 Å². The van der Waals surface area contributed by atoms with Crippen molar-refractivity contribution in [3.8, 4) is 11.1 Å². The SMILES string of the molecule is CN1CCCC1Cn1ccc2ccc(-c3ccsc3)cc21. The molecule has 108 valence electrons. The second-order valence-corrected chi connectivity index (χ2v) is 6.81. The Morgan fingerprint density at radius 3 is 2.90 bits per heavy atom. The van der Waals surface area contributed by atoms with Crippen LogP contribution < -0.4 is 0 Å². The van der Waals surface area contributed by atoms with E-state index in [0.29, 0.717) is 6.04 Å². The molecule has 3 aromatic rings. The number of likely N-dealkylation sites (tertiary alicyclic amines) is 1. The molecule has 0 amide bonds. The summed E-state index contributed by atoms with van der Waals surface area (Å²) in [6, 6.07) is 11.9. The molecule has 0 bridgehead atoms. The lowest BCUT2D eigenvalue weighted by Gasteiger charge is -2.20. The molecule has 0 N–H and O–H groups in total. The van der Waals surface area contributed by atoms with Gasteiger partial charge in [-0.15, -0.1) is 0 Å². The largest absolute Gasteiger partial charge is 0.346 e. The first kappa shape index (κ1) is 13.1. The Hall–Kier alpha value is -1.58. The van der Waals surface area contributed by atoms with Gasteiger partial charge in [0.15, 0.2) is 0 Å². The van der Waals surface area contributed by atoms with Gasteiger partial charge in [-0.3, -0.25) is 0 Å². The minimum Gasteiger partial charge on any atom is -0.346 e. The van der Waals surface area contributed by atoms with E-state index in [-0.39, 0.29) is 0 Å². The molecule has 1 aromatic carbocycles. The van der Waals surface area contributed by atoms with Crippen LogP contribution in [0.2, 0.25) is 0 Å². The van der Waals surface area contributed by atoms with Gasteiger partial charge in [0, 0.05) is 24.3 Å². The van der Waals surface area contributed by atoms with Crippen molar-refractivity contribution >= 4 is 22.2 Å². The summed E-state index contributed by atoms with van der Waals surface area (Å²) in [5.74, 6) is 0. The molecule has 1 fully saturated rings. The Morgan fingerprint density at radius 1 is 1.19 bits per heavy atom. The first-order chi connectivity index (χ1) is 10.3. The predicted molar refractivity (Wildman–Crippen MR) is 90.9 cm³/mol. The maximum Gasteiger partial charge on any atom is 0.0487 e. The van der Waals surface area contributed by atoms with Gasteiger partial charge in [0.05, 0.1) is 0 Å². The summed E-state index contributed by atoms with van der Waals surface area (Å²) in [6.45, 7) is 2.34. The molecule has 1 aliphatic rings. The zero-order valence-electron chi connectivity index (χ0n) is 12.3. The maximum absolute atomic E-state index is 2.49. The maximum atomic E-state index is 2.49. The highest BCUT2D eigenvalue weighted by Gasteiger charge is 2.21. The zero-order chi connectivity index (χ0) is 14.2. The molecule has 0 aliphatic carbocycles. The van der Waals surface area contributed by atoms with E-state index >= 15 is 0 Å². The van der Waals surface area contributed by atoms with Crippen LogP contribution in [0.25, 0.3) is 22.0 Å². The van der Waals surface area contributed by atoms with Crippen molar-refractivity contribution in [2.45, 2.75) is 25.4 Å². The van der Waals surface area contributed by atoms with Crippen molar-refractivity contribution in [1.29, 1.82) is 0 Å². The van der Waals surface area contributed by atoms with Crippen molar-refractivity contribution in [2.24, 2.45) is 0 Å². The van der Waals surface area contributed by atoms with E-state index < -0.39 is 0 Å². The molecule has 1 saturated heterocycles. The fourth-order valence-corrected chi connectivity index (χ4v) is 4.05. The minimum atomic E-state index is 0.686. The molecule has 2 aromatic heterocycles. The average Bonchev–Trinajstić information content (AvgIpc) is 3.22. The molecule has 0 spiro atoms. The second kappa shape index (κ2) is 5.32. The van der Waals surface area contributed by atoms with Crippen molar-refractivity contribution in [1.82, 2.24) is 9.47 Å². The average molecular weight is 296 g/mol. The van der Waals surface area contributed by atoms with Crippen molar-refractivity contribution < 1.29 is 0 Å². The molecule has 3 heteroatoms. The van der Waals surface area contributed by atoms with Gasteiger partial charge in [-0.25, -0.2) is 0 Å². The smallest absolute Gasteiger partial charge is 0.0487 e. The van der Waals surface area contributed by atoms with E-state index in [9.17, 15) is 0 Å². The lowest BCUT2D eigenvalue weighted by Crippen LogP contribution is -2.28. The summed E-state index contributed by atoms with van der Waals surface area (Å²) in [7, 11) is 2.25. The lowest BCUT2D eigenvalue weighted by molar-refractivity contribution is 0.284. The number of fused-ring (bicyclic) bond motifs is 1. The van der Waals surface area contributed by atoms with Gasteiger partial charge in [-0.05, 0) is 71.9 Å². The van der Waals surface area contributed by atoms with Gasteiger partial charge in [0.2, 0.25) is 0 Å². The number of nitrogens with zero attached hydrogens (tertiary/aromatic N) is 2. The highest BCUT2D eigenvalue weighted by Crippen LogP contribution is 2.27. The van der Waals surface area contributed by atoms with Crippen LogP contribution in [0.3, 0.4) is 0 Å². The first-order valence-corrected chi connectivity index (χ1v) is 8.57. The summed E-state index contributed by atoms with van der Waals surface area (Å²) in [5, 5.41) is 5.71. The van der Waals surface area contributed by atoms with E-state index in [1.165, 1.54) is 41.4 Å². The van der Waals surface area contributed by atoms with E-state index in [1.807, 2.05) is 0 Å². The van der Waals surface area contributed by atoms with Gasteiger partial charge in [-0.1, -0.05) is 12.1 Å². The van der Waals surface area contributed by atoms with Crippen LogP contribution in [0.15, 0.2) is 47.3 Å². The molecule has 1 atom stereocenters. The van der Waals surface area contributed by atoms with E-state index in [0.717, 1.165) is 6.54 Å². The molecule has 21 heavy (non-hydrogen) atoms. The second-order valence-electron chi connectivity index (χ2n) is 6.03. The Kier molecular flexibility index (Phi) is 3.32. The third-order valence-corrected chi connectivity index (χ3v) is 5.39.